The number of nitrogens with zero attached hydrogens (tertiary/aromatic N) is 1. The van der Waals surface area contributed by atoms with Crippen LogP contribution in [-0.4, -0.2) is 38.0 Å². The Hall–Kier alpha value is -0.880. The van der Waals surface area contributed by atoms with Crippen molar-refractivity contribution < 1.29 is 12.8 Å². The van der Waals surface area contributed by atoms with E-state index in [2.05, 4.69) is 17.2 Å². The standard InChI is InChI=1S/C13H22N2O3S/c1-10(14-2)6-12-8-18-13(15-12)7-11-4-3-5-19(16,17)9-11/h8,10-11,14H,3-7,9H2,1-2H3. The lowest BCUT2D eigenvalue weighted by molar-refractivity contribution is 0.416. The van der Waals surface area contributed by atoms with Crippen LogP contribution in [0, 0.1) is 5.92 Å². The summed E-state index contributed by atoms with van der Waals surface area (Å²) in [6.45, 7) is 2.09. The minimum Gasteiger partial charge on any atom is -0.449 e. The number of hydrogen-bond donors (Lipinski definition) is 1. The van der Waals surface area contributed by atoms with Crippen LogP contribution in [0.3, 0.4) is 0 Å². The zero-order valence-electron chi connectivity index (χ0n) is 11.6. The molecule has 0 spiro atoms. The van der Waals surface area contributed by atoms with Crippen LogP contribution in [0.4, 0.5) is 0 Å². The molecule has 1 fully saturated rings. The number of nitrogens with one attached hydrogen (secondary N) is 1. The van der Waals surface area contributed by atoms with Crippen molar-refractivity contribution in [1.82, 2.24) is 10.3 Å². The molecule has 1 aromatic heterocycles. The first-order chi connectivity index (χ1) is 8.98. The minimum absolute atomic E-state index is 0.159. The predicted molar refractivity (Wildman–Crippen MR) is 73.8 cm³/mol. The summed E-state index contributed by atoms with van der Waals surface area (Å²) < 4.78 is 28.6. The molecule has 19 heavy (non-hydrogen) atoms. The van der Waals surface area contributed by atoms with Crippen LogP contribution in [-0.2, 0) is 22.7 Å². The van der Waals surface area contributed by atoms with Crippen LogP contribution in [0.15, 0.2) is 10.7 Å². The van der Waals surface area contributed by atoms with Gasteiger partial charge in [0, 0.05) is 18.9 Å². The monoisotopic (exact) mass is 286 g/mol. The fraction of sp³-hybridized carbons (Fsp3) is 0.769. The lowest BCUT2D eigenvalue weighted by Gasteiger charge is -2.20. The molecule has 2 heterocycles. The molecule has 0 aromatic carbocycles. The second kappa shape index (κ2) is 6.05. The molecule has 1 N–H and O–H groups in total. The Kier molecular flexibility index (Phi) is 4.62. The zero-order chi connectivity index (χ0) is 13.9. The van der Waals surface area contributed by atoms with Gasteiger partial charge in [-0.15, -0.1) is 0 Å². The topological polar surface area (TPSA) is 72.2 Å². The summed E-state index contributed by atoms with van der Waals surface area (Å²) >= 11 is 0. The molecule has 1 aliphatic rings. The van der Waals surface area contributed by atoms with Gasteiger partial charge >= 0.3 is 0 Å². The largest absolute Gasteiger partial charge is 0.449 e. The van der Waals surface area contributed by atoms with Gasteiger partial charge in [0.25, 0.3) is 0 Å². The van der Waals surface area contributed by atoms with Gasteiger partial charge in [-0.2, -0.15) is 0 Å². The molecule has 5 nitrogen and oxygen atoms in total. The molecule has 0 saturated carbocycles. The van der Waals surface area contributed by atoms with Gasteiger partial charge in [0.05, 0.1) is 17.2 Å². The van der Waals surface area contributed by atoms with E-state index in [0.717, 1.165) is 25.0 Å². The molecule has 1 aromatic rings. The minimum atomic E-state index is -2.85. The Balaban J connectivity index is 1.92. The molecule has 1 aliphatic heterocycles. The van der Waals surface area contributed by atoms with Gasteiger partial charge in [0.15, 0.2) is 15.7 Å². The third kappa shape index (κ3) is 4.31. The van der Waals surface area contributed by atoms with Crippen LogP contribution in [0.5, 0.6) is 0 Å². The van der Waals surface area contributed by atoms with E-state index < -0.39 is 9.84 Å². The lowest BCUT2D eigenvalue weighted by Crippen LogP contribution is -2.26. The normalized spacial score (nSPS) is 24.2. The summed E-state index contributed by atoms with van der Waals surface area (Å²) in [5.41, 5.74) is 0.926. The Morgan fingerprint density at radius 2 is 2.37 bits per heavy atom. The molecule has 0 aliphatic carbocycles. The molecule has 2 atom stereocenters. The van der Waals surface area contributed by atoms with E-state index in [1.165, 1.54) is 0 Å². The molecular formula is C13H22N2O3S. The highest BCUT2D eigenvalue weighted by molar-refractivity contribution is 7.91. The van der Waals surface area contributed by atoms with Gasteiger partial charge < -0.3 is 9.73 Å². The molecule has 1 saturated heterocycles. The van der Waals surface area contributed by atoms with E-state index >= 15 is 0 Å². The van der Waals surface area contributed by atoms with Crippen LogP contribution >= 0.6 is 0 Å². The van der Waals surface area contributed by atoms with Crippen molar-refractivity contribution in [2.24, 2.45) is 5.92 Å². The first-order valence-electron chi connectivity index (χ1n) is 6.79. The summed E-state index contributed by atoms with van der Waals surface area (Å²) in [7, 11) is -0.932. The van der Waals surface area contributed by atoms with Crippen molar-refractivity contribution in [2.75, 3.05) is 18.6 Å². The van der Waals surface area contributed by atoms with E-state index in [4.69, 9.17) is 4.42 Å². The fourth-order valence-electron chi connectivity index (χ4n) is 2.48. The second-order valence-electron chi connectivity index (χ2n) is 5.45. The quantitative estimate of drug-likeness (QED) is 0.880. The van der Waals surface area contributed by atoms with E-state index in [0.29, 0.717) is 24.1 Å². The Labute approximate surface area is 114 Å². The van der Waals surface area contributed by atoms with Crippen LogP contribution in [0.25, 0.3) is 0 Å². The number of aromatic nitrogens is 1. The third-order valence-corrected chi connectivity index (χ3v) is 5.52. The maximum absolute atomic E-state index is 11.6. The average molecular weight is 286 g/mol. The molecule has 2 rings (SSSR count). The second-order valence-corrected chi connectivity index (χ2v) is 7.68. The van der Waals surface area contributed by atoms with Crippen LogP contribution < -0.4 is 5.32 Å². The van der Waals surface area contributed by atoms with Gasteiger partial charge in [-0.25, -0.2) is 13.4 Å². The van der Waals surface area contributed by atoms with Crippen molar-refractivity contribution in [2.45, 2.75) is 38.6 Å². The Morgan fingerprint density at radius 1 is 1.58 bits per heavy atom. The first-order valence-corrected chi connectivity index (χ1v) is 8.61. The third-order valence-electron chi connectivity index (χ3n) is 3.63. The van der Waals surface area contributed by atoms with Gasteiger partial charge in [-0.1, -0.05) is 0 Å². The van der Waals surface area contributed by atoms with Crippen molar-refractivity contribution in [1.29, 1.82) is 0 Å². The molecule has 0 radical (unpaired) electrons. The number of oxazole rings is 1. The molecule has 0 amide bonds. The molecule has 108 valence electrons. The lowest BCUT2D eigenvalue weighted by atomic mass is 10.0. The first kappa shape index (κ1) is 14.5. The zero-order valence-corrected chi connectivity index (χ0v) is 12.4. The average Bonchev–Trinajstić information content (AvgIpc) is 2.75. The van der Waals surface area contributed by atoms with Crippen molar-refractivity contribution in [3.05, 3.63) is 17.8 Å². The fourth-order valence-corrected chi connectivity index (χ4v) is 4.25. The van der Waals surface area contributed by atoms with E-state index in [1.54, 1.807) is 6.26 Å². The van der Waals surface area contributed by atoms with Crippen molar-refractivity contribution in [3.8, 4) is 0 Å². The molecule has 0 bridgehead atoms. The molecular weight excluding hydrogens is 264 g/mol. The summed E-state index contributed by atoms with van der Waals surface area (Å²) in [5, 5.41) is 3.15. The molecule has 2 unspecified atom stereocenters. The summed E-state index contributed by atoms with van der Waals surface area (Å²) in [6, 6.07) is 0.355. The highest BCUT2D eigenvalue weighted by Gasteiger charge is 2.26. The maximum atomic E-state index is 11.6. The SMILES string of the molecule is CNC(C)Cc1coc(CC2CCCS(=O)(=O)C2)n1. The van der Waals surface area contributed by atoms with Gasteiger partial charge in [-0.05, 0) is 32.7 Å². The van der Waals surface area contributed by atoms with Crippen molar-refractivity contribution >= 4 is 9.84 Å². The smallest absolute Gasteiger partial charge is 0.194 e. The van der Waals surface area contributed by atoms with Gasteiger partial charge in [0.1, 0.15) is 6.26 Å². The predicted octanol–water partition coefficient (Wildman–Crippen LogP) is 1.19. The Bertz CT molecular complexity index is 510. The van der Waals surface area contributed by atoms with Crippen molar-refractivity contribution in [3.63, 3.8) is 0 Å². The van der Waals surface area contributed by atoms with Crippen LogP contribution in [0.2, 0.25) is 0 Å². The highest BCUT2D eigenvalue weighted by atomic mass is 32.2. The van der Waals surface area contributed by atoms with E-state index in [9.17, 15) is 8.42 Å². The number of likely N-dealkylation sites (N-methyl/N-ethyl adjacent to an activating group) is 1. The Morgan fingerprint density at radius 3 is 3.05 bits per heavy atom. The number of hydrogen-bond acceptors (Lipinski definition) is 5. The summed E-state index contributed by atoms with van der Waals surface area (Å²) in [6.07, 6.45) is 4.85. The van der Waals surface area contributed by atoms with E-state index in [1.807, 2.05) is 7.05 Å². The summed E-state index contributed by atoms with van der Waals surface area (Å²) in [5.74, 6) is 1.44. The number of rotatable bonds is 5. The maximum Gasteiger partial charge on any atom is 0.194 e. The van der Waals surface area contributed by atoms with E-state index in [-0.39, 0.29) is 11.7 Å². The number of sulfone groups is 1. The van der Waals surface area contributed by atoms with Crippen LogP contribution in [0.1, 0.15) is 31.4 Å². The van der Waals surface area contributed by atoms with Gasteiger partial charge in [-0.3, -0.25) is 0 Å². The highest BCUT2D eigenvalue weighted by Crippen LogP contribution is 2.22. The summed E-state index contributed by atoms with van der Waals surface area (Å²) in [4.78, 5) is 4.44. The molecule has 6 heteroatoms. The van der Waals surface area contributed by atoms with Gasteiger partial charge in [0.2, 0.25) is 0 Å².